The average Bonchev–Trinajstić information content (AvgIpc) is 3.03. The molecule has 1 atom stereocenters. The highest BCUT2D eigenvalue weighted by Gasteiger charge is 2.39. The molecule has 2 aromatic carbocycles. The van der Waals surface area contributed by atoms with Crippen LogP contribution < -0.4 is 9.47 Å². The fourth-order valence-electron chi connectivity index (χ4n) is 3.77. The van der Waals surface area contributed by atoms with Crippen molar-refractivity contribution in [3.8, 4) is 11.5 Å². The van der Waals surface area contributed by atoms with E-state index in [1.807, 2.05) is 0 Å². The topological polar surface area (TPSA) is 65.5 Å². The summed E-state index contributed by atoms with van der Waals surface area (Å²) < 4.78 is 24.9. The molecule has 1 unspecified atom stereocenters. The Bertz CT molecular complexity index is 1240. The first-order chi connectivity index (χ1) is 14.5. The number of carbonyl (C=O) groups excluding carboxylic acids is 2. The van der Waals surface area contributed by atoms with Crippen LogP contribution in [0.4, 0.5) is 4.39 Å². The molecule has 0 saturated carbocycles. The first-order valence-electron chi connectivity index (χ1n) is 9.18. The molecule has 1 aromatic heterocycles. The summed E-state index contributed by atoms with van der Waals surface area (Å²) in [5.74, 6) is -0.965. The van der Waals surface area contributed by atoms with Crippen LogP contribution in [0.15, 0.2) is 60.6 Å². The number of ether oxygens (including phenoxy) is 2. The van der Waals surface area contributed by atoms with E-state index in [0.29, 0.717) is 33.8 Å². The lowest BCUT2D eigenvalue weighted by Crippen LogP contribution is -2.21. The van der Waals surface area contributed by atoms with E-state index in [2.05, 4.69) is 4.98 Å². The Balaban J connectivity index is 1.64. The summed E-state index contributed by atoms with van der Waals surface area (Å²) in [6, 6.07) is 10.7. The van der Waals surface area contributed by atoms with Crippen molar-refractivity contribution in [2.45, 2.75) is 12.3 Å². The number of aromatic nitrogens is 1. The number of Topliss-reactive ketones (excluding diaryl/α,β-unsaturated/α-hetero) is 1. The van der Waals surface area contributed by atoms with E-state index in [0.717, 1.165) is 0 Å². The number of benzene rings is 2. The second-order valence-electron chi connectivity index (χ2n) is 6.98. The quantitative estimate of drug-likeness (QED) is 0.333. The van der Waals surface area contributed by atoms with Crippen LogP contribution in [-0.4, -0.2) is 16.7 Å². The molecule has 2 aliphatic heterocycles. The number of hydrogen-bond donors (Lipinski definition) is 0. The maximum atomic E-state index is 13.6. The van der Waals surface area contributed by atoms with Gasteiger partial charge in [0.15, 0.2) is 5.76 Å². The average molecular weight is 422 g/mol. The Labute approximate surface area is 175 Å². The van der Waals surface area contributed by atoms with Gasteiger partial charge in [-0.25, -0.2) is 4.39 Å². The van der Waals surface area contributed by atoms with Crippen LogP contribution in [0, 0.1) is 5.82 Å². The first kappa shape index (κ1) is 18.5. The van der Waals surface area contributed by atoms with Gasteiger partial charge in [-0.3, -0.25) is 14.6 Å². The van der Waals surface area contributed by atoms with Gasteiger partial charge in [-0.15, -0.1) is 0 Å². The van der Waals surface area contributed by atoms with E-state index in [4.69, 9.17) is 21.1 Å². The number of halogens is 2. The Morgan fingerprint density at radius 1 is 1.13 bits per heavy atom. The summed E-state index contributed by atoms with van der Waals surface area (Å²) in [6.07, 6.45) is 4.85. The Hall–Kier alpha value is -3.51. The number of hydrogen-bond acceptors (Lipinski definition) is 5. The molecule has 2 aliphatic rings. The van der Waals surface area contributed by atoms with Crippen molar-refractivity contribution >= 4 is 29.4 Å². The predicted molar refractivity (Wildman–Crippen MR) is 107 cm³/mol. The molecule has 0 N–H and O–H groups in total. The minimum Gasteiger partial charge on any atom is -0.452 e. The standard InChI is InChI=1S/C23H13ClFNO4/c24-17-9-13(25)3-4-14(17)16-10-20(27)29-18-6-5-15-22(28)19(30-23(15)21(16)18)8-12-2-1-7-26-11-12/h1-9,11,16H,10H2/b19-8-. The third-order valence-corrected chi connectivity index (χ3v) is 5.43. The van der Waals surface area contributed by atoms with Gasteiger partial charge in [0, 0.05) is 28.9 Å². The highest BCUT2D eigenvalue weighted by atomic mass is 35.5. The minimum absolute atomic E-state index is 0.00594. The van der Waals surface area contributed by atoms with Gasteiger partial charge < -0.3 is 9.47 Å². The number of ketones is 1. The molecule has 3 aromatic rings. The molecule has 3 heterocycles. The molecule has 0 fully saturated rings. The second-order valence-corrected chi connectivity index (χ2v) is 7.38. The van der Waals surface area contributed by atoms with E-state index in [1.54, 1.807) is 42.7 Å². The van der Waals surface area contributed by atoms with Crippen LogP contribution in [0.3, 0.4) is 0 Å². The zero-order valence-electron chi connectivity index (χ0n) is 15.4. The van der Waals surface area contributed by atoms with Gasteiger partial charge in [-0.1, -0.05) is 23.7 Å². The SMILES string of the molecule is O=C1CC(c2ccc(F)cc2Cl)c2c(ccc3c2O/C(=C\c2cccnc2)C3=O)O1. The van der Waals surface area contributed by atoms with E-state index < -0.39 is 17.7 Å². The third-order valence-electron chi connectivity index (χ3n) is 5.10. The lowest BCUT2D eigenvalue weighted by atomic mass is 9.84. The van der Waals surface area contributed by atoms with Gasteiger partial charge in [0.2, 0.25) is 5.78 Å². The number of nitrogens with zero attached hydrogens (tertiary/aromatic N) is 1. The van der Waals surface area contributed by atoms with Crippen molar-refractivity contribution in [1.82, 2.24) is 4.98 Å². The summed E-state index contributed by atoms with van der Waals surface area (Å²) in [4.78, 5) is 29.1. The van der Waals surface area contributed by atoms with Crippen molar-refractivity contribution in [3.63, 3.8) is 0 Å². The molecule has 0 amide bonds. The van der Waals surface area contributed by atoms with Crippen molar-refractivity contribution in [1.29, 1.82) is 0 Å². The molecule has 0 radical (unpaired) electrons. The Morgan fingerprint density at radius 3 is 2.77 bits per heavy atom. The molecule has 0 saturated heterocycles. The van der Waals surface area contributed by atoms with Crippen molar-refractivity contribution in [2.24, 2.45) is 0 Å². The fourth-order valence-corrected chi connectivity index (χ4v) is 4.07. The van der Waals surface area contributed by atoms with Gasteiger partial charge in [-0.05, 0) is 47.5 Å². The van der Waals surface area contributed by atoms with Gasteiger partial charge in [0.05, 0.1) is 12.0 Å². The van der Waals surface area contributed by atoms with Gasteiger partial charge in [0.1, 0.15) is 17.3 Å². The van der Waals surface area contributed by atoms with Crippen LogP contribution in [0.25, 0.3) is 6.08 Å². The lowest BCUT2D eigenvalue weighted by molar-refractivity contribution is -0.135. The zero-order chi connectivity index (χ0) is 20.8. The zero-order valence-corrected chi connectivity index (χ0v) is 16.2. The highest BCUT2D eigenvalue weighted by Crippen LogP contribution is 2.50. The number of allylic oxidation sites excluding steroid dienone is 1. The monoisotopic (exact) mass is 421 g/mol. The van der Waals surface area contributed by atoms with Crippen LogP contribution in [0.1, 0.15) is 39.4 Å². The molecule has 5 rings (SSSR count). The smallest absolute Gasteiger partial charge is 0.312 e. The Kier molecular flexibility index (Phi) is 4.37. The van der Waals surface area contributed by atoms with Gasteiger partial charge in [0.25, 0.3) is 0 Å². The van der Waals surface area contributed by atoms with Gasteiger partial charge in [-0.2, -0.15) is 0 Å². The first-order valence-corrected chi connectivity index (χ1v) is 9.56. The van der Waals surface area contributed by atoms with Crippen molar-refractivity contribution < 1.29 is 23.5 Å². The van der Waals surface area contributed by atoms with E-state index in [9.17, 15) is 14.0 Å². The van der Waals surface area contributed by atoms with Crippen molar-refractivity contribution in [3.05, 3.63) is 93.7 Å². The minimum atomic E-state index is -0.533. The molecule has 30 heavy (non-hydrogen) atoms. The summed E-state index contributed by atoms with van der Waals surface area (Å²) in [7, 11) is 0. The molecule has 0 bridgehead atoms. The molecule has 7 heteroatoms. The van der Waals surface area contributed by atoms with Crippen LogP contribution >= 0.6 is 11.6 Å². The number of rotatable bonds is 2. The summed E-state index contributed by atoms with van der Waals surface area (Å²) in [5.41, 5.74) is 2.19. The maximum Gasteiger partial charge on any atom is 0.312 e. The Morgan fingerprint density at radius 2 is 2.00 bits per heavy atom. The van der Waals surface area contributed by atoms with Crippen LogP contribution in [0.5, 0.6) is 11.5 Å². The number of fused-ring (bicyclic) bond motifs is 3. The maximum absolute atomic E-state index is 13.6. The third kappa shape index (κ3) is 3.06. The number of pyridine rings is 1. The van der Waals surface area contributed by atoms with E-state index >= 15 is 0 Å². The molecule has 148 valence electrons. The van der Waals surface area contributed by atoms with Crippen molar-refractivity contribution in [2.75, 3.05) is 0 Å². The normalized spacial score (nSPS) is 18.6. The number of carbonyl (C=O) groups is 2. The van der Waals surface area contributed by atoms with Gasteiger partial charge >= 0.3 is 5.97 Å². The van der Waals surface area contributed by atoms with E-state index in [-0.39, 0.29) is 23.0 Å². The predicted octanol–water partition coefficient (Wildman–Crippen LogP) is 4.93. The second kappa shape index (κ2) is 7.07. The molecule has 0 spiro atoms. The summed E-state index contributed by atoms with van der Waals surface area (Å²) in [5, 5.41) is 0.189. The molecular formula is C23H13ClFNO4. The fraction of sp³-hybridized carbons (Fsp3) is 0.0870. The van der Waals surface area contributed by atoms with E-state index in [1.165, 1.54) is 18.2 Å². The summed E-state index contributed by atoms with van der Waals surface area (Å²) in [6.45, 7) is 0. The number of esters is 1. The van der Waals surface area contributed by atoms with Crippen LogP contribution in [-0.2, 0) is 4.79 Å². The lowest BCUT2D eigenvalue weighted by Gasteiger charge is -2.26. The molecule has 5 nitrogen and oxygen atoms in total. The van der Waals surface area contributed by atoms with Crippen LogP contribution in [0.2, 0.25) is 5.02 Å². The largest absolute Gasteiger partial charge is 0.452 e. The summed E-state index contributed by atoms with van der Waals surface area (Å²) >= 11 is 6.27. The molecular weight excluding hydrogens is 409 g/mol. The highest BCUT2D eigenvalue weighted by molar-refractivity contribution is 6.31. The molecule has 0 aliphatic carbocycles.